The first-order valence-corrected chi connectivity index (χ1v) is 10.1. The number of nitrogens with one attached hydrogen (secondary N) is 1. The van der Waals surface area contributed by atoms with Crippen LogP contribution < -0.4 is 10.3 Å². The van der Waals surface area contributed by atoms with E-state index in [4.69, 9.17) is 14.5 Å². The second-order valence-corrected chi connectivity index (χ2v) is 9.00. The number of rotatable bonds is 3. The molecule has 2 aliphatic rings. The number of aliphatic imine (C=N–C) groups is 1. The van der Waals surface area contributed by atoms with Crippen LogP contribution in [-0.4, -0.2) is 34.1 Å². The summed E-state index contributed by atoms with van der Waals surface area (Å²) in [6.07, 6.45) is 1.72. The molecule has 1 saturated heterocycles. The number of benzene rings is 1. The third-order valence-corrected chi connectivity index (χ3v) is 6.38. The van der Waals surface area contributed by atoms with Crippen LogP contribution in [0.4, 0.5) is 5.82 Å². The van der Waals surface area contributed by atoms with Gasteiger partial charge < -0.3 is 9.47 Å². The lowest BCUT2D eigenvalue weighted by molar-refractivity contribution is -0.0705. The van der Waals surface area contributed by atoms with Crippen molar-refractivity contribution in [3.05, 3.63) is 45.7 Å². The van der Waals surface area contributed by atoms with Crippen molar-refractivity contribution < 1.29 is 9.47 Å². The summed E-state index contributed by atoms with van der Waals surface area (Å²) in [7, 11) is 1.65. The van der Waals surface area contributed by atoms with Gasteiger partial charge in [-0.25, -0.2) is 4.99 Å². The highest BCUT2D eigenvalue weighted by Gasteiger charge is 2.35. The van der Waals surface area contributed by atoms with Gasteiger partial charge in [0.25, 0.3) is 5.56 Å². The zero-order valence-electron chi connectivity index (χ0n) is 16.1. The molecule has 0 spiro atoms. The van der Waals surface area contributed by atoms with Crippen molar-refractivity contribution >= 4 is 22.6 Å². The molecule has 0 unspecified atom stereocenters. The van der Waals surface area contributed by atoms with Crippen LogP contribution in [0.3, 0.4) is 0 Å². The number of aromatic amines is 1. The Morgan fingerprint density at radius 2 is 2.07 bits per heavy atom. The molecular weight excluding hydrogens is 362 g/mol. The molecule has 2 atom stereocenters. The van der Waals surface area contributed by atoms with Crippen LogP contribution >= 0.6 is 11.8 Å². The predicted molar refractivity (Wildman–Crippen MR) is 109 cm³/mol. The lowest BCUT2D eigenvalue weighted by atomic mass is 9.94. The maximum Gasteiger partial charge on any atom is 0.271 e. The third-order valence-electron chi connectivity index (χ3n) is 5.20. The first kappa shape index (κ1) is 18.4. The monoisotopic (exact) mass is 387 g/mol. The molecule has 0 amide bonds. The second kappa shape index (κ2) is 6.87. The van der Waals surface area contributed by atoms with Crippen molar-refractivity contribution in [2.24, 2.45) is 4.99 Å². The van der Waals surface area contributed by atoms with Gasteiger partial charge in [0.15, 0.2) is 5.82 Å². The summed E-state index contributed by atoms with van der Waals surface area (Å²) in [5, 5.41) is 3.96. The van der Waals surface area contributed by atoms with E-state index in [-0.39, 0.29) is 22.5 Å². The van der Waals surface area contributed by atoms with E-state index >= 15 is 0 Å². The number of hydrogen-bond donors (Lipinski definition) is 1. The molecule has 1 fully saturated rings. The quantitative estimate of drug-likeness (QED) is 0.857. The van der Waals surface area contributed by atoms with E-state index in [1.165, 1.54) is 0 Å². The summed E-state index contributed by atoms with van der Waals surface area (Å²) in [5.74, 6) is 1.57. The Balaban J connectivity index is 1.76. The van der Waals surface area contributed by atoms with E-state index in [9.17, 15) is 4.79 Å². The highest BCUT2D eigenvalue weighted by Crippen LogP contribution is 2.45. The molecule has 3 heterocycles. The standard InChI is InChI=1S/C20H25N3O3S/c1-12-21-18-16(17(27-12)13-5-7-15(25-4)8-6-13)19(24)22-23(18)14-9-10-26-20(2,3)11-14/h5-8,14,17H,9-11H2,1-4H3,(H,22,24)/t14-,17+/m1/s1. The lowest BCUT2D eigenvalue weighted by Gasteiger charge is -2.36. The molecule has 2 aliphatic heterocycles. The van der Waals surface area contributed by atoms with Crippen LogP contribution in [0.1, 0.15) is 56.0 Å². The van der Waals surface area contributed by atoms with Gasteiger partial charge >= 0.3 is 0 Å². The summed E-state index contributed by atoms with van der Waals surface area (Å²) < 4.78 is 13.1. The Hall–Kier alpha value is -1.99. The van der Waals surface area contributed by atoms with Gasteiger partial charge in [-0.1, -0.05) is 23.9 Å². The smallest absolute Gasteiger partial charge is 0.271 e. The minimum Gasteiger partial charge on any atom is -0.497 e. The van der Waals surface area contributed by atoms with Crippen LogP contribution in [0, 0.1) is 0 Å². The Morgan fingerprint density at radius 1 is 1.33 bits per heavy atom. The zero-order chi connectivity index (χ0) is 19.2. The normalized spacial score (nSPS) is 24.2. The second-order valence-electron chi connectivity index (χ2n) is 7.70. The maximum atomic E-state index is 12.9. The van der Waals surface area contributed by atoms with Crippen molar-refractivity contribution in [3.8, 4) is 5.75 Å². The van der Waals surface area contributed by atoms with Crippen molar-refractivity contribution in [3.63, 3.8) is 0 Å². The zero-order valence-corrected chi connectivity index (χ0v) is 16.9. The molecular formula is C20H25N3O3S. The molecule has 144 valence electrons. The fraction of sp³-hybridized carbons (Fsp3) is 0.500. The van der Waals surface area contributed by atoms with Gasteiger partial charge in [-0.3, -0.25) is 14.6 Å². The van der Waals surface area contributed by atoms with Gasteiger partial charge in [-0.15, -0.1) is 0 Å². The molecule has 0 saturated carbocycles. The molecule has 27 heavy (non-hydrogen) atoms. The largest absolute Gasteiger partial charge is 0.497 e. The van der Waals surface area contributed by atoms with Crippen LogP contribution in [0.25, 0.3) is 0 Å². The Morgan fingerprint density at radius 3 is 2.74 bits per heavy atom. The minimum atomic E-state index is -0.200. The SMILES string of the molecule is COc1ccc([C@@H]2SC(C)=Nc3c2c(=O)[nH]n3[C@@H]2CCOC(C)(C)C2)cc1. The lowest BCUT2D eigenvalue weighted by Crippen LogP contribution is -2.35. The number of methoxy groups -OCH3 is 1. The number of aromatic nitrogens is 2. The Bertz CT molecular complexity index is 927. The molecule has 7 heteroatoms. The Kier molecular flexibility index (Phi) is 4.68. The van der Waals surface area contributed by atoms with Crippen molar-refractivity contribution in [2.75, 3.05) is 13.7 Å². The van der Waals surface area contributed by atoms with Crippen LogP contribution in [0.2, 0.25) is 0 Å². The van der Waals surface area contributed by atoms with E-state index in [2.05, 4.69) is 18.9 Å². The van der Waals surface area contributed by atoms with Gasteiger partial charge in [-0.05, 0) is 51.3 Å². The summed E-state index contributed by atoms with van der Waals surface area (Å²) >= 11 is 1.62. The van der Waals surface area contributed by atoms with E-state index in [1.807, 2.05) is 35.9 Å². The Labute approximate surface area is 163 Å². The van der Waals surface area contributed by atoms with Crippen molar-refractivity contribution in [2.45, 2.75) is 50.5 Å². The van der Waals surface area contributed by atoms with Crippen LogP contribution in [-0.2, 0) is 4.74 Å². The summed E-state index contributed by atoms with van der Waals surface area (Å²) in [4.78, 5) is 17.6. The molecule has 0 radical (unpaired) electrons. The minimum absolute atomic E-state index is 0.0566. The van der Waals surface area contributed by atoms with E-state index in [1.54, 1.807) is 18.9 Å². The van der Waals surface area contributed by atoms with Crippen LogP contribution in [0.15, 0.2) is 34.1 Å². The molecule has 1 aromatic carbocycles. The van der Waals surface area contributed by atoms with E-state index in [0.717, 1.165) is 40.6 Å². The summed E-state index contributed by atoms with van der Waals surface area (Å²) in [6.45, 7) is 6.88. The van der Waals surface area contributed by atoms with Crippen molar-refractivity contribution in [1.82, 2.24) is 9.78 Å². The fourth-order valence-corrected chi connectivity index (χ4v) is 5.01. The molecule has 4 rings (SSSR count). The number of thioether (sulfide) groups is 1. The highest BCUT2D eigenvalue weighted by atomic mass is 32.2. The summed E-state index contributed by atoms with van der Waals surface area (Å²) in [6, 6.07) is 8.09. The molecule has 2 aromatic rings. The van der Waals surface area contributed by atoms with Crippen LogP contribution in [0.5, 0.6) is 5.75 Å². The number of nitrogens with zero attached hydrogens (tertiary/aromatic N) is 2. The van der Waals surface area contributed by atoms with Gasteiger partial charge in [0, 0.05) is 6.61 Å². The van der Waals surface area contributed by atoms with Crippen molar-refractivity contribution in [1.29, 1.82) is 0 Å². The van der Waals surface area contributed by atoms with E-state index in [0.29, 0.717) is 6.61 Å². The number of fused-ring (bicyclic) bond motifs is 1. The molecule has 0 aliphatic carbocycles. The average Bonchev–Trinajstić information content (AvgIpc) is 2.97. The molecule has 1 aromatic heterocycles. The van der Waals surface area contributed by atoms with Gasteiger partial charge in [0.05, 0.1) is 34.6 Å². The first-order valence-electron chi connectivity index (χ1n) is 9.22. The number of hydrogen-bond acceptors (Lipinski definition) is 5. The van der Waals surface area contributed by atoms with Gasteiger partial charge in [-0.2, -0.15) is 0 Å². The molecule has 6 nitrogen and oxygen atoms in total. The van der Waals surface area contributed by atoms with Gasteiger partial charge in [0.1, 0.15) is 5.75 Å². The van der Waals surface area contributed by atoms with E-state index < -0.39 is 0 Å². The molecule has 1 N–H and O–H groups in total. The van der Waals surface area contributed by atoms with Gasteiger partial charge in [0.2, 0.25) is 0 Å². The number of H-pyrrole nitrogens is 1. The highest BCUT2D eigenvalue weighted by molar-refractivity contribution is 8.14. The topological polar surface area (TPSA) is 68.6 Å². The maximum absolute atomic E-state index is 12.9. The summed E-state index contributed by atoms with van der Waals surface area (Å²) in [5.41, 5.74) is 1.56. The fourth-order valence-electron chi connectivity index (χ4n) is 3.91. The number of ether oxygens (including phenoxy) is 2. The average molecular weight is 388 g/mol. The predicted octanol–water partition coefficient (Wildman–Crippen LogP) is 4.20. The molecule has 0 bridgehead atoms. The third kappa shape index (κ3) is 3.46. The first-order chi connectivity index (χ1) is 12.9.